The highest BCUT2D eigenvalue weighted by Crippen LogP contribution is 2.21. The van der Waals surface area contributed by atoms with Crippen molar-refractivity contribution in [2.75, 3.05) is 7.11 Å². The molecule has 74 valence electrons. The van der Waals surface area contributed by atoms with Crippen LogP contribution in [0.25, 0.3) is 0 Å². The molecule has 1 rings (SSSR count). The minimum absolute atomic E-state index is 0.0616. The summed E-state index contributed by atoms with van der Waals surface area (Å²) in [5, 5.41) is 7.69. The molecule has 0 saturated carbocycles. The SMILES string of the molecule is COC(C)C(N)c1c(Br)nnn1C. The molecule has 13 heavy (non-hydrogen) atoms. The van der Waals surface area contributed by atoms with Gasteiger partial charge in [-0.3, -0.25) is 0 Å². The summed E-state index contributed by atoms with van der Waals surface area (Å²) in [7, 11) is 3.43. The average Bonchev–Trinajstić information content (AvgIpc) is 2.44. The fraction of sp³-hybridized carbons (Fsp3) is 0.714. The van der Waals surface area contributed by atoms with Crippen LogP contribution >= 0.6 is 15.9 Å². The zero-order valence-electron chi connectivity index (χ0n) is 7.86. The second kappa shape index (κ2) is 4.17. The van der Waals surface area contributed by atoms with E-state index in [4.69, 9.17) is 10.5 Å². The van der Waals surface area contributed by atoms with Gasteiger partial charge in [0.05, 0.1) is 17.8 Å². The average molecular weight is 249 g/mol. The molecule has 1 heterocycles. The van der Waals surface area contributed by atoms with Crippen LogP contribution in [0.4, 0.5) is 0 Å². The third-order valence-corrected chi connectivity index (χ3v) is 2.58. The molecule has 0 aromatic carbocycles. The van der Waals surface area contributed by atoms with Crippen molar-refractivity contribution in [1.29, 1.82) is 0 Å². The minimum atomic E-state index is -0.223. The van der Waals surface area contributed by atoms with E-state index in [0.29, 0.717) is 4.60 Å². The van der Waals surface area contributed by atoms with E-state index in [-0.39, 0.29) is 12.1 Å². The summed E-state index contributed by atoms with van der Waals surface area (Å²) in [5.41, 5.74) is 6.78. The number of rotatable bonds is 3. The van der Waals surface area contributed by atoms with Crippen molar-refractivity contribution in [2.45, 2.75) is 19.1 Å². The molecule has 6 heteroatoms. The van der Waals surface area contributed by atoms with Crippen molar-refractivity contribution < 1.29 is 4.74 Å². The highest BCUT2D eigenvalue weighted by atomic mass is 79.9. The molecule has 0 fully saturated rings. The van der Waals surface area contributed by atoms with Gasteiger partial charge in [0.1, 0.15) is 0 Å². The standard InChI is InChI=1S/C7H13BrN4O/c1-4(13-3)5(9)6-7(8)10-11-12(6)2/h4-5H,9H2,1-3H3. The molecule has 0 bridgehead atoms. The number of ether oxygens (including phenoxy) is 1. The molecule has 2 N–H and O–H groups in total. The molecule has 0 radical (unpaired) electrons. The van der Waals surface area contributed by atoms with Crippen LogP contribution in [0, 0.1) is 0 Å². The van der Waals surface area contributed by atoms with Crippen LogP contribution < -0.4 is 5.73 Å². The number of aromatic nitrogens is 3. The van der Waals surface area contributed by atoms with Gasteiger partial charge in [0.2, 0.25) is 0 Å². The first-order chi connectivity index (χ1) is 6.07. The predicted molar refractivity (Wildman–Crippen MR) is 52.1 cm³/mol. The molecular weight excluding hydrogens is 236 g/mol. The highest BCUT2D eigenvalue weighted by Gasteiger charge is 2.21. The fourth-order valence-corrected chi connectivity index (χ4v) is 1.65. The van der Waals surface area contributed by atoms with E-state index in [1.807, 2.05) is 6.92 Å². The predicted octanol–water partition coefficient (Wildman–Crippen LogP) is 0.612. The van der Waals surface area contributed by atoms with Gasteiger partial charge in [-0.1, -0.05) is 5.21 Å². The lowest BCUT2D eigenvalue weighted by molar-refractivity contribution is 0.0931. The third-order valence-electron chi connectivity index (χ3n) is 2.02. The van der Waals surface area contributed by atoms with E-state index in [2.05, 4.69) is 26.2 Å². The number of methoxy groups -OCH3 is 1. The Labute approximate surface area is 85.4 Å². The molecule has 0 aliphatic carbocycles. The molecule has 1 aromatic heterocycles. The van der Waals surface area contributed by atoms with Crippen LogP contribution in [0.15, 0.2) is 4.60 Å². The van der Waals surface area contributed by atoms with Gasteiger partial charge in [-0.25, -0.2) is 4.68 Å². The van der Waals surface area contributed by atoms with Gasteiger partial charge in [0, 0.05) is 14.2 Å². The van der Waals surface area contributed by atoms with Gasteiger partial charge < -0.3 is 10.5 Å². The number of hydrogen-bond donors (Lipinski definition) is 1. The maximum absolute atomic E-state index is 5.94. The summed E-state index contributed by atoms with van der Waals surface area (Å²) in [6.07, 6.45) is -0.0616. The summed E-state index contributed by atoms with van der Waals surface area (Å²) in [5.74, 6) is 0. The van der Waals surface area contributed by atoms with Gasteiger partial charge in [-0.05, 0) is 22.9 Å². The highest BCUT2D eigenvalue weighted by molar-refractivity contribution is 9.10. The first-order valence-electron chi connectivity index (χ1n) is 3.91. The normalized spacial score (nSPS) is 15.8. The molecule has 0 spiro atoms. The smallest absolute Gasteiger partial charge is 0.153 e. The van der Waals surface area contributed by atoms with E-state index in [1.165, 1.54) is 0 Å². The summed E-state index contributed by atoms with van der Waals surface area (Å²) in [4.78, 5) is 0. The Hall–Kier alpha value is -0.460. The van der Waals surface area contributed by atoms with E-state index < -0.39 is 0 Å². The maximum Gasteiger partial charge on any atom is 0.153 e. The Kier molecular flexibility index (Phi) is 3.40. The summed E-state index contributed by atoms with van der Waals surface area (Å²) >= 11 is 3.29. The van der Waals surface area contributed by atoms with Crippen molar-refractivity contribution in [3.8, 4) is 0 Å². The van der Waals surface area contributed by atoms with Crippen LogP contribution in [-0.2, 0) is 11.8 Å². The Morgan fingerprint density at radius 2 is 2.23 bits per heavy atom. The molecular formula is C7H13BrN4O. The largest absolute Gasteiger partial charge is 0.380 e. The van der Waals surface area contributed by atoms with Gasteiger partial charge in [-0.2, -0.15) is 0 Å². The van der Waals surface area contributed by atoms with Crippen LogP contribution in [0.1, 0.15) is 18.7 Å². The lowest BCUT2D eigenvalue weighted by Crippen LogP contribution is -2.27. The summed E-state index contributed by atoms with van der Waals surface area (Å²) in [6.45, 7) is 1.91. The molecule has 1 aromatic rings. The summed E-state index contributed by atoms with van der Waals surface area (Å²) < 4.78 is 7.45. The number of halogens is 1. The first kappa shape index (κ1) is 10.6. The number of hydrogen-bond acceptors (Lipinski definition) is 4. The molecule has 0 amide bonds. The molecule has 0 saturated heterocycles. The molecule has 0 aliphatic heterocycles. The zero-order valence-corrected chi connectivity index (χ0v) is 9.45. The summed E-state index contributed by atoms with van der Waals surface area (Å²) in [6, 6.07) is -0.223. The molecule has 0 aliphatic rings. The van der Waals surface area contributed by atoms with E-state index in [9.17, 15) is 0 Å². The first-order valence-corrected chi connectivity index (χ1v) is 4.70. The van der Waals surface area contributed by atoms with Gasteiger partial charge >= 0.3 is 0 Å². The quantitative estimate of drug-likeness (QED) is 0.852. The Balaban J connectivity index is 2.93. The zero-order chi connectivity index (χ0) is 10.0. The monoisotopic (exact) mass is 248 g/mol. The molecule has 5 nitrogen and oxygen atoms in total. The van der Waals surface area contributed by atoms with E-state index in [1.54, 1.807) is 18.8 Å². The van der Waals surface area contributed by atoms with Gasteiger partial charge in [0.25, 0.3) is 0 Å². The van der Waals surface area contributed by atoms with Gasteiger partial charge in [-0.15, -0.1) is 5.10 Å². The second-order valence-electron chi connectivity index (χ2n) is 2.86. The second-order valence-corrected chi connectivity index (χ2v) is 3.61. The number of nitrogens with zero attached hydrogens (tertiary/aromatic N) is 3. The lowest BCUT2D eigenvalue weighted by atomic mass is 10.1. The van der Waals surface area contributed by atoms with Gasteiger partial charge in [0.15, 0.2) is 4.60 Å². The number of nitrogens with two attached hydrogens (primary N) is 1. The lowest BCUT2D eigenvalue weighted by Gasteiger charge is -2.18. The topological polar surface area (TPSA) is 66.0 Å². The van der Waals surface area contributed by atoms with Crippen molar-refractivity contribution in [3.63, 3.8) is 0 Å². The fourth-order valence-electron chi connectivity index (χ4n) is 1.06. The maximum atomic E-state index is 5.94. The van der Waals surface area contributed by atoms with Crippen LogP contribution in [0.2, 0.25) is 0 Å². The van der Waals surface area contributed by atoms with Crippen molar-refractivity contribution in [1.82, 2.24) is 15.0 Å². The van der Waals surface area contributed by atoms with E-state index in [0.717, 1.165) is 5.69 Å². The Morgan fingerprint density at radius 1 is 1.62 bits per heavy atom. The van der Waals surface area contributed by atoms with Crippen molar-refractivity contribution in [2.24, 2.45) is 12.8 Å². The van der Waals surface area contributed by atoms with Crippen LogP contribution in [-0.4, -0.2) is 28.2 Å². The third kappa shape index (κ3) is 2.07. The molecule has 2 unspecified atom stereocenters. The minimum Gasteiger partial charge on any atom is -0.380 e. The number of aryl methyl sites for hydroxylation is 1. The molecule has 2 atom stereocenters. The van der Waals surface area contributed by atoms with Crippen LogP contribution in [0.3, 0.4) is 0 Å². The Morgan fingerprint density at radius 3 is 2.62 bits per heavy atom. The van der Waals surface area contributed by atoms with Crippen molar-refractivity contribution >= 4 is 15.9 Å². The Bertz CT molecular complexity index is 269. The van der Waals surface area contributed by atoms with E-state index >= 15 is 0 Å². The van der Waals surface area contributed by atoms with Crippen LogP contribution in [0.5, 0.6) is 0 Å². The van der Waals surface area contributed by atoms with Crippen molar-refractivity contribution in [3.05, 3.63) is 10.3 Å².